The Morgan fingerprint density at radius 2 is 2.16 bits per heavy atom. The summed E-state index contributed by atoms with van der Waals surface area (Å²) in [7, 11) is 2.88. The molecule has 102 valence electrons. The molecule has 0 aromatic carbocycles. The quantitative estimate of drug-likeness (QED) is 0.753. The molecule has 1 aromatic rings. The van der Waals surface area contributed by atoms with E-state index in [9.17, 15) is 9.59 Å². The van der Waals surface area contributed by atoms with Crippen LogP contribution in [-0.4, -0.2) is 49.1 Å². The molecule has 6 heteroatoms. The van der Waals surface area contributed by atoms with Crippen LogP contribution in [0.2, 0.25) is 0 Å². The minimum atomic E-state index is -0.261. The molecule has 0 N–H and O–H groups in total. The van der Waals surface area contributed by atoms with Gasteiger partial charge in [-0.25, -0.2) is 4.98 Å². The van der Waals surface area contributed by atoms with E-state index in [1.54, 1.807) is 17.0 Å². The number of carbonyl (C=O) groups excluding carboxylic acids is 2. The molecule has 19 heavy (non-hydrogen) atoms. The van der Waals surface area contributed by atoms with Crippen molar-refractivity contribution in [2.75, 3.05) is 27.3 Å². The number of pyridine rings is 1. The van der Waals surface area contributed by atoms with Gasteiger partial charge in [-0.3, -0.25) is 9.59 Å². The van der Waals surface area contributed by atoms with Crippen molar-refractivity contribution in [3.05, 3.63) is 23.9 Å². The number of hydrogen-bond donors (Lipinski definition) is 0. The predicted molar refractivity (Wildman–Crippen MR) is 66.8 cm³/mol. The highest BCUT2D eigenvalue weighted by atomic mass is 16.5. The van der Waals surface area contributed by atoms with E-state index < -0.39 is 0 Å². The molecule has 1 aliphatic heterocycles. The highest BCUT2D eigenvalue weighted by Gasteiger charge is 2.32. The van der Waals surface area contributed by atoms with E-state index in [1.807, 2.05) is 0 Å². The summed E-state index contributed by atoms with van der Waals surface area (Å²) in [5.74, 6) is -0.143. The van der Waals surface area contributed by atoms with Gasteiger partial charge in [-0.15, -0.1) is 0 Å². The van der Waals surface area contributed by atoms with Crippen LogP contribution in [0.4, 0.5) is 0 Å². The van der Waals surface area contributed by atoms with Crippen LogP contribution in [0.5, 0.6) is 5.88 Å². The lowest BCUT2D eigenvalue weighted by molar-refractivity contribution is -0.144. The Morgan fingerprint density at radius 3 is 2.74 bits per heavy atom. The van der Waals surface area contributed by atoms with Gasteiger partial charge in [0.2, 0.25) is 5.88 Å². The first-order valence-corrected chi connectivity index (χ1v) is 6.03. The monoisotopic (exact) mass is 264 g/mol. The zero-order chi connectivity index (χ0) is 13.8. The summed E-state index contributed by atoms with van der Waals surface area (Å²) in [5, 5.41) is 0. The zero-order valence-electron chi connectivity index (χ0n) is 11.0. The number of amides is 1. The van der Waals surface area contributed by atoms with E-state index in [4.69, 9.17) is 9.47 Å². The second-order valence-corrected chi connectivity index (χ2v) is 4.35. The molecule has 6 nitrogen and oxygen atoms in total. The summed E-state index contributed by atoms with van der Waals surface area (Å²) in [6, 6.07) is 3.31. The van der Waals surface area contributed by atoms with Crippen molar-refractivity contribution >= 4 is 11.9 Å². The van der Waals surface area contributed by atoms with Crippen LogP contribution in [0.15, 0.2) is 18.3 Å². The summed E-state index contributed by atoms with van der Waals surface area (Å²) in [6.07, 6.45) is 2.12. The second kappa shape index (κ2) is 5.69. The van der Waals surface area contributed by atoms with Gasteiger partial charge in [0.05, 0.1) is 25.7 Å². The number of methoxy groups -OCH3 is 2. The predicted octanol–water partition coefficient (Wildman–Crippen LogP) is 0.725. The van der Waals surface area contributed by atoms with Gasteiger partial charge in [-0.1, -0.05) is 0 Å². The van der Waals surface area contributed by atoms with Gasteiger partial charge in [0.25, 0.3) is 5.91 Å². The number of nitrogens with zero attached hydrogens (tertiary/aromatic N) is 2. The molecule has 0 bridgehead atoms. The van der Waals surface area contributed by atoms with Crippen molar-refractivity contribution in [2.45, 2.75) is 6.42 Å². The Bertz CT molecular complexity index is 472. The zero-order valence-corrected chi connectivity index (χ0v) is 11.0. The fourth-order valence-electron chi connectivity index (χ4n) is 2.11. The molecule has 1 atom stereocenters. The SMILES string of the molecule is COC(=O)C1CCN(C(=O)c2ccc(OC)nc2)C1. The maximum absolute atomic E-state index is 12.2. The summed E-state index contributed by atoms with van der Waals surface area (Å²) < 4.78 is 9.63. The second-order valence-electron chi connectivity index (χ2n) is 4.35. The van der Waals surface area contributed by atoms with Crippen LogP contribution in [0.1, 0.15) is 16.8 Å². The smallest absolute Gasteiger partial charge is 0.310 e. The molecule has 2 heterocycles. The lowest BCUT2D eigenvalue weighted by Crippen LogP contribution is -2.30. The topological polar surface area (TPSA) is 68.7 Å². The molecule has 1 aliphatic rings. The molecule has 0 aliphatic carbocycles. The fraction of sp³-hybridized carbons (Fsp3) is 0.462. The van der Waals surface area contributed by atoms with Crippen molar-refractivity contribution < 1.29 is 19.1 Å². The van der Waals surface area contributed by atoms with Gasteiger partial charge < -0.3 is 14.4 Å². The van der Waals surface area contributed by atoms with Crippen molar-refractivity contribution in [1.29, 1.82) is 0 Å². The Balaban J connectivity index is 2.02. The van der Waals surface area contributed by atoms with E-state index in [0.717, 1.165) is 0 Å². The third-order valence-electron chi connectivity index (χ3n) is 3.20. The molecule has 0 radical (unpaired) electrons. The van der Waals surface area contributed by atoms with Crippen LogP contribution in [0, 0.1) is 5.92 Å². The molecule has 0 saturated carbocycles. The van der Waals surface area contributed by atoms with Gasteiger partial charge >= 0.3 is 5.97 Å². The first-order chi connectivity index (χ1) is 9.15. The van der Waals surface area contributed by atoms with E-state index in [2.05, 4.69) is 4.98 Å². The largest absolute Gasteiger partial charge is 0.481 e. The summed E-state index contributed by atoms with van der Waals surface area (Å²) in [5.41, 5.74) is 0.492. The van der Waals surface area contributed by atoms with E-state index in [0.29, 0.717) is 31.0 Å². The third-order valence-corrected chi connectivity index (χ3v) is 3.20. The Labute approximate surface area is 111 Å². The number of esters is 1. The molecule has 1 aromatic heterocycles. The number of rotatable bonds is 3. The van der Waals surface area contributed by atoms with Gasteiger partial charge in [-0.05, 0) is 12.5 Å². The molecule has 1 unspecified atom stereocenters. The number of likely N-dealkylation sites (tertiary alicyclic amines) is 1. The maximum Gasteiger partial charge on any atom is 0.310 e. The molecule has 2 rings (SSSR count). The molecule has 1 fully saturated rings. The Morgan fingerprint density at radius 1 is 1.37 bits per heavy atom. The van der Waals surface area contributed by atoms with E-state index in [-0.39, 0.29) is 17.8 Å². The standard InChI is InChI=1S/C13H16N2O4/c1-18-11-4-3-9(7-14-11)12(16)15-6-5-10(8-15)13(17)19-2/h3-4,7,10H,5-6,8H2,1-2H3. The van der Waals surface area contributed by atoms with Crippen LogP contribution in [0.3, 0.4) is 0 Å². The molecule has 0 spiro atoms. The average molecular weight is 264 g/mol. The summed E-state index contributed by atoms with van der Waals surface area (Å²) in [6.45, 7) is 0.960. The number of carbonyl (C=O) groups is 2. The van der Waals surface area contributed by atoms with Gasteiger partial charge in [0, 0.05) is 25.4 Å². The molecular weight excluding hydrogens is 248 g/mol. The fourth-order valence-corrected chi connectivity index (χ4v) is 2.11. The van der Waals surface area contributed by atoms with Crippen molar-refractivity contribution in [3.63, 3.8) is 0 Å². The summed E-state index contributed by atoms with van der Waals surface area (Å²) in [4.78, 5) is 29.3. The van der Waals surface area contributed by atoms with Gasteiger partial charge in [0.1, 0.15) is 0 Å². The number of aromatic nitrogens is 1. The normalized spacial score (nSPS) is 18.2. The van der Waals surface area contributed by atoms with Crippen molar-refractivity contribution in [1.82, 2.24) is 9.88 Å². The van der Waals surface area contributed by atoms with Crippen molar-refractivity contribution in [2.24, 2.45) is 5.92 Å². The number of ether oxygens (including phenoxy) is 2. The van der Waals surface area contributed by atoms with Crippen LogP contribution >= 0.6 is 0 Å². The van der Waals surface area contributed by atoms with Crippen LogP contribution < -0.4 is 4.74 Å². The Kier molecular flexibility index (Phi) is 3.99. The first-order valence-electron chi connectivity index (χ1n) is 6.03. The van der Waals surface area contributed by atoms with Crippen LogP contribution in [-0.2, 0) is 9.53 Å². The van der Waals surface area contributed by atoms with E-state index >= 15 is 0 Å². The number of hydrogen-bond acceptors (Lipinski definition) is 5. The maximum atomic E-state index is 12.2. The third kappa shape index (κ3) is 2.83. The minimum Gasteiger partial charge on any atom is -0.481 e. The highest BCUT2D eigenvalue weighted by Crippen LogP contribution is 2.20. The Hall–Kier alpha value is -2.11. The average Bonchev–Trinajstić information content (AvgIpc) is 2.95. The minimum absolute atomic E-state index is 0.124. The molecule has 1 saturated heterocycles. The molecular formula is C13H16N2O4. The highest BCUT2D eigenvalue weighted by molar-refractivity contribution is 5.94. The lowest BCUT2D eigenvalue weighted by Gasteiger charge is -2.15. The first kappa shape index (κ1) is 13.3. The van der Waals surface area contributed by atoms with Gasteiger partial charge in [-0.2, -0.15) is 0 Å². The lowest BCUT2D eigenvalue weighted by atomic mass is 10.1. The molecule has 1 amide bonds. The van der Waals surface area contributed by atoms with E-state index in [1.165, 1.54) is 20.4 Å². The summed E-state index contributed by atoms with van der Waals surface area (Å²) >= 11 is 0. The van der Waals surface area contributed by atoms with Crippen LogP contribution in [0.25, 0.3) is 0 Å². The van der Waals surface area contributed by atoms with Gasteiger partial charge in [0.15, 0.2) is 0 Å². The van der Waals surface area contributed by atoms with Crippen molar-refractivity contribution in [3.8, 4) is 5.88 Å².